The molecule has 0 N–H and O–H groups in total. The van der Waals surface area contributed by atoms with E-state index in [1.807, 2.05) is 39.0 Å². The van der Waals surface area contributed by atoms with Gasteiger partial charge in [-0.25, -0.2) is 0 Å². The lowest BCUT2D eigenvalue weighted by Crippen LogP contribution is -1.99. The van der Waals surface area contributed by atoms with Gasteiger partial charge in [0.2, 0.25) is 0 Å². The first kappa shape index (κ1) is 9.24. The predicted molar refractivity (Wildman–Crippen MR) is 49.9 cm³/mol. The quantitative estimate of drug-likeness (QED) is 0.631. The van der Waals surface area contributed by atoms with Gasteiger partial charge in [-0.15, -0.1) is 0 Å². The Labute approximate surface area is 73.4 Å². The Kier molecular flexibility index (Phi) is 2.85. The maximum absolute atomic E-state index is 12.3. The molecule has 0 amide bonds. The van der Waals surface area contributed by atoms with E-state index >= 15 is 0 Å². The zero-order valence-corrected chi connectivity index (χ0v) is 7.82. The van der Waals surface area contributed by atoms with Crippen molar-refractivity contribution < 1.29 is 4.39 Å². The van der Waals surface area contributed by atoms with Gasteiger partial charge in [-0.2, -0.15) is 0 Å². The maximum Gasteiger partial charge on any atom is 0.0997 e. The first-order valence-corrected chi connectivity index (χ1v) is 4.11. The van der Waals surface area contributed by atoms with Gasteiger partial charge in [-0.3, -0.25) is 4.39 Å². The van der Waals surface area contributed by atoms with Crippen molar-refractivity contribution in [2.45, 2.75) is 20.8 Å². The molecular weight excluding hydrogens is 151 g/mol. The van der Waals surface area contributed by atoms with E-state index in [4.69, 9.17) is 0 Å². The van der Waals surface area contributed by atoms with Crippen molar-refractivity contribution in [3.63, 3.8) is 0 Å². The second-order valence-corrected chi connectivity index (χ2v) is 3.23. The molecule has 0 nitrogen and oxygen atoms in total. The van der Waals surface area contributed by atoms with Crippen LogP contribution in [-0.2, 0) is 0 Å². The van der Waals surface area contributed by atoms with Gasteiger partial charge in [0.25, 0.3) is 0 Å². The molecule has 0 spiro atoms. The maximum atomic E-state index is 12.3. The van der Waals surface area contributed by atoms with Crippen molar-refractivity contribution >= 4 is 0 Å². The third kappa shape index (κ3) is 1.84. The molecule has 1 radical (unpaired) electrons. The van der Waals surface area contributed by atoms with E-state index in [0.717, 1.165) is 17.0 Å². The summed E-state index contributed by atoms with van der Waals surface area (Å²) in [6.45, 7) is 5.51. The summed E-state index contributed by atoms with van der Waals surface area (Å²) in [6.07, 6.45) is 0. The molecule has 0 bridgehead atoms. The minimum atomic E-state index is -0.357. The average molecular weight is 165 g/mol. The Morgan fingerprint density at radius 2 is 2.00 bits per heavy atom. The highest BCUT2D eigenvalue weighted by Gasteiger charge is 2.08. The number of aryl methyl sites for hydroxylation is 2. The summed E-state index contributed by atoms with van der Waals surface area (Å²) in [7, 11) is 0. The van der Waals surface area contributed by atoms with Gasteiger partial charge in [0.1, 0.15) is 0 Å². The third-order valence-corrected chi connectivity index (χ3v) is 2.05. The van der Waals surface area contributed by atoms with E-state index < -0.39 is 0 Å². The van der Waals surface area contributed by atoms with E-state index in [1.54, 1.807) is 0 Å². The predicted octanol–water partition coefficient (Wildman–Crippen LogP) is 3.22. The molecule has 1 heteroatoms. The summed E-state index contributed by atoms with van der Waals surface area (Å²) in [4.78, 5) is 0. The van der Waals surface area contributed by atoms with Crippen molar-refractivity contribution in [2.24, 2.45) is 0 Å². The first-order valence-electron chi connectivity index (χ1n) is 4.11. The Morgan fingerprint density at radius 3 is 2.58 bits per heavy atom. The molecular formula is C11H14F. The van der Waals surface area contributed by atoms with Crippen LogP contribution in [-0.4, -0.2) is 6.67 Å². The Morgan fingerprint density at radius 1 is 1.33 bits per heavy atom. The van der Waals surface area contributed by atoms with Crippen LogP contribution in [0.15, 0.2) is 18.2 Å². The van der Waals surface area contributed by atoms with Gasteiger partial charge in [-0.1, -0.05) is 30.7 Å². The summed E-state index contributed by atoms with van der Waals surface area (Å²) in [5, 5.41) is 0. The fourth-order valence-electron chi connectivity index (χ4n) is 1.27. The summed E-state index contributed by atoms with van der Waals surface area (Å²) < 4.78 is 12.3. The summed E-state index contributed by atoms with van der Waals surface area (Å²) in [6, 6.07) is 6.11. The van der Waals surface area contributed by atoms with Crippen LogP contribution in [0, 0.1) is 19.8 Å². The number of benzene rings is 1. The standard InChI is InChI=1S/C11H14F/c1-8-4-5-9(2)11(6-8)10(3)7-12/h4-6H,7H2,1-3H3. The summed E-state index contributed by atoms with van der Waals surface area (Å²) in [5.41, 5.74) is 3.39. The van der Waals surface area contributed by atoms with E-state index in [2.05, 4.69) is 0 Å². The average Bonchev–Trinajstić information content (AvgIpc) is 2.08. The molecule has 1 aromatic rings. The molecule has 0 heterocycles. The van der Waals surface area contributed by atoms with E-state index in [-0.39, 0.29) is 6.67 Å². The van der Waals surface area contributed by atoms with Gasteiger partial charge < -0.3 is 0 Å². The zero-order chi connectivity index (χ0) is 9.14. The minimum absolute atomic E-state index is 0.357. The Balaban J connectivity index is 3.04. The smallest absolute Gasteiger partial charge is 0.0997 e. The SMILES string of the molecule is C[C](CF)c1cc(C)ccc1C. The molecule has 0 aliphatic heterocycles. The third-order valence-electron chi connectivity index (χ3n) is 2.05. The molecule has 1 rings (SSSR count). The summed E-state index contributed by atoms with van der Waals surface area (Å²) >= 11 is 0. The van der Waals surface area contributed by atoms with Crippen LogP contribution in [0.1, 0.15) is 23.6 Å². The lowest BCUT2D eigenvalue weighted by Gasteiger charge is -2.10. The lowest BCUT2D eigenvalue weighted by atomic mass is 9.96. The monoisotopic (exact) mass is 165 g/mol. The molecule has 0 saturated heterocycles. The van der Waals surface area contributed by atoms with E-state index in [0.29, 0.717) is 0 Å². The lowest BCUT2D eigenvalue weighted by molar-refractivity contribution is 0.515. The minimum Gasteiger partial charge on any atom is -0.250 e. The molecule has 0 aromatic heterocycles. The number of rotatable bonds is 2. The first-order chi connectivity index (χ1) is 5.65. The van der Waals surface area contributed by atoms with Crippen molar-refractivity contribution in [1.29, 1.82) is 0 Å². The Bertz CT molecular complexity index is 266. The van der Waals surface area contributed by atoms with Gasteiger partial charge >= 0.3 is 0 Å². The highest BCUT2D eigenvalue weighted by molar-refractivity contribution is 5.39. The van der Waals surface area contributed by atoms with Gasteiger partial charge in [0.05, 0.1) is 6.67 Å². The summed E-state index contributed by atoms with van der Waals surface area (Å²) in [5.74, 6) is 0.816. The van der Waals surface area contributed by atoms with Crippen molar-refractivity contribution in [2.75, 3.05) is 6.67 Å². The zero-order valence-electron chi connectivity index (χ0n) is 7.82. The molecule has 0 aliphatic carbocycles. The highest BCUT2D eigenvalue weighted by Crippen LogP contribution is 2.20. The number of alkyl halides is 1. The van der Waals surface area contributed by atoms with Crippen LogP contribution in [0.5, 0.6) is 0 Å². The number of halogens is 1. The fraction of sp³-hybridized carbons (Fsp3) is 0.364. The molecule has 0 saturated carbocycles. The van der Waals surface area contributed by atoms with Crippen molar-refractivity contribution in [3.8, 4) is 0 Å². The molecule has 0 aliphatic rings. The van der Waals surface area contributed by atoms with Crippen LogP contribution in [0.25, 0.3) is 0 Å². The van der Waals surface area contributed by atoms with E-state index in [1.165, 1.54) is 5.56 Å². The van der Waals surface area contributed by atoms with Crippen LogP contribution in [0.4, 0.5) is 4.39 Å². The number of hydrogen-bond acceptors (Lipinski definition) is 0. The van der Waals surface area contributed by atoms with E-state index in [9.17, 15) is 4.39 Å². The van der Waals surface area contributed by atoms with Crippen molar-refractivity contribution in [3.05, 3.63) is 40.8 Å². The van der Waals surface area contributed by atoms with Crippen molar-refractivity contribution in [1.82, 2.24) is 0 Å². The second kappa shape index (κ2) is 3.70. The fourth-order valence-corrected chi connectivity index (χ4v) is 1.27. The largest absolute Gasteiger partial charge is 0.250 e. The molecule has 12 heavy (non-hydrogen) atoms. The molecule has 65 valence electrons. The number of hydrogen-bond donors (Lipinski definition) is 0. The normalized spacial score (nSPS) is 10.8. The van der Waals surface area contributed by atoms with Crippen LogP contribution in [0.2, 0.25) is 0 Å². The van der Waals surface area contributed by atoms with Crippen LogP contribution in [0.3, 0.4) is 0 Å². The Hall–Kier alpha value is -0.850. The van der Waals surface area contributed by atoms with Gasteiger partial charge in [0.15, 0.2) is 0 Å². The molecule has 1 aromatic carbocycles. The molecule has 0 fully saturated rings. The van der Waals surface area contributed by atoms with Gasteiger partial charge in [-0.05, 0) is 25.0 Å². The van der Waals surface area contributed by atoms with Crippen LogP contribution < -0.4 is 0 Å². The highest BCUT2D eigenvalue weighted by atomic mass is 19.1. The van der Waals surface area contributed by atoms with Gasteiger partial charge in [0, 0.05) is 5.92 Å². The van der Waals surface area contributed by atoms with Crippen LogP contribution >= 0.6 is 0 Å². The second-order valence-electron chi connectivity index (χ2n) is 3.23. The molecule has 0 atom stereocenters. The topological polar surface area (TPSA) is 0 Å². The molecule has 0 unspecified atom stereocenters.